The molecule has 0 spiro atoms. The van der Waals surface area contributed by atoms with Crippen LogP contribution < -0.4 is 5.56 Å². The van der Waals surface area contributed by atoms with Crippen molar-refractivity contribution < 1.29 is 51.8 Å². The van der Waals surface area contributed by atoms with E-state index in [2.05, 4.69) is 11.7 Å². The summed E-state index contributed by atoms with van der Waals surface area (Å²) in [5.74, 6) is -0.695. The molecule has 0 unspecified atom stereocenters. The van der Waals surface area contributed by atoms with Gasteiger partial charge in [0.1, 0.15) is 6.61 Å². The van der Waals surface area contributed by atoms with Crippen molar-refractivity contribution in [3.8, 4) is 11.4 Å². The molecule has 0 amide bonds. The number of cyclic esters (lactones) is 1. The monoisotopic (exact) mass is 506 g/mol. The Balaban J connectivity index is 0.000000686. The number of aromatic nitrogens is 2. The molecule has 2 aliphatic rings. The molecule has 0 saturated heterocycles. The van der Waals surface area contributed by atoms with E-state index >= 15 is 0 Å². The van der Waals surface area contributed by atoms with Gasteiger partial charge in [0.2, 0.25) is 0 Å². The van der Waals surface area contributed by atoms with Gasteiger partial charge in [-0.15, -0.1) is 0 Å². The van der Waals surface area contributed by atoms with Gasteiger partial charge in [-0.3, -0.25) is 4.79 Å². The normalized spacial score (nSPS) is 17.5. The number of carbonyl (C=O) groups excluding carboxylic acids is 2. The Hall–Kier alpha value is -2.71. The first kappa shape index (κ1) is 23.9. The Morgan fingerprint density at radius 2 is 2.03 bits per heavy atom. The van der Waals surface area contributed by atoms with Crippen LogP contribution in [0, 0.1) is 0 Å². The van der Waals surface area contributed by atoms with Crippen LogP contribution in [0.3, 0.4) is 0 Å². The molecular weight excluding hydrogens is 487 g/mol. The van der Waals surface area contributed by atoms with Crippen molar-refractivity contribution in [2.75, 3.05) is 7.05 Å². The van der Waals surface area contributed by atoms with E-state index in [9.17, 15) is 14.4 Å². The van der Waals surface area contributed by atoms with Gasteiger partial charge in [0.15, 0.2) is 5.60 Å². The van der Waals surface area contributed by atoms with Crippen LogP contribution in [-0.4, -0.2) is 35.8 Å². The number of hydrogen-bond donors (Lipinski definition) is 0. The third-order valence-corrected chi connectivity index (χ3v) is 5.60. The minimum atomic E-state index is -1.66. The summed E-state index contributed by atoms with van der Waals surface area (Å²) < 4.78 is 11.9. The maximum absolute atomic E-state index is 13.2. The van der Waals surface area contributed by atoms with Crippen LogP contribution >= 0.6 is 0 Å². The molecule has 0 fully saturated rings. The summed E-state index contributed by atoms with van der Waals surface area (Å²) >= 11 is 0. The summed E-state index contributed by atoms with van der Waals surface area (Å²) in [7, 11) is 1.53. The molecule has 8 nitrogen and oxygen atoms in total. The molecule has 0 saturated carbocycles. The molecule has 0 N–H and O–H groups in total. The largest absolute Gasteiger partial charge is 0.638 e. The van der Waals surface area contributed by atoms with Crippen LogP contribution in [0.1, 0.15) is 30.0 Å². The Labute approximate surface area is 209 Å². The van der Waals surface area contributed by atoms with Crippen LogP contribution in [0.4, 0.5) is 0 Å². The third-order valence-electron chi connectivity index (χ3n) is 5.60. The minimum Gasteiger partial charge on any atom is -0.638 e. The first-order valence-electron chi connectivity index (χ1n) is 9.68. The fourth-order valence-corrected chi connectivity index (χ4v) is 4.15. The zero-order valence-corrected chi connectivity index (χ0v) is 20.5. The molecular formula is C23H19N3O5Y-2. The van der Waals surface area contributed by atoms with E-state index < -0.39 is 11.6 Å². The van der Waals surface area contributed by atoms with E-state index in [4.69, 9.17) is 14.5 Å². The molecule has 1 radical (unpaired) electrons. The van der Waals surface area contributed by atoms with E-state index in [-0.39, 0.29) is 51.3 Å². The number of fused-ring (bicyclic) bond motifs is 5. The van der Waals surface area contributed by atoms with Crippen molar-refractivity contribution in [3.63, 3.8) is 0 Å². The number of esters is 1. The third kappa shape index (κ3) is 3.61. The predicted octanol–water partition coefficient (Wildman–Crippen LogP) is 2.36. The van der Waals surface area contributed by atoms with E-state index in [0.717, 1.165) is 16.5 Å². The second kappa shape index (κ2) is 9.42. The van der Waals surface area contributed by atoms with Gasteiger partial charge in [-0.2, -0.15) is 0 Å². The van der Waals surface area contributed by atoms with E-state index in [0.29, 0.717) is 29.1 Å². The molecule has 32 heavy (non-hydrogen) atoms. The maximum Gasteiger partial charge on any atom is 0.352 e. The number of benzene rings is 1. The van der Waals surface area contributed by atoms with Crippen LogP contribution in [-0.2, 0) is 70.5 Å². The number of para-hydroxylation sites is 1. The van der Waals surface area contributed by atoms with E-state index in [1.165, 1.54) is 13.5 Å². The van der Waals surface area contributed by atoms with Gasteiger partial charge in [-0.05, 0) is 31.7 Å². The van der Waals surface area contributed by atoms with Gasteiger partial charge >= 0.3 is 5.97 Å². The van der Waals surface area contributed by atoms with Gasteiger partial charge < -0.3 is 30.5 Å². The fraction of sp³-hybridized carbons (Fsp3) is 0.261. The number of nitrogens with zero attached hydrogens (tertiary/aromatic N) is 3. The Morgan fingerprint density at radius 3 is 2.72 bits per heavy atom. The molecule has 1 aromatic carbocycles. The zero-order valence-electron chi connectivity index (χ0n) is 17.6. The SMILES string of the molecule is CC[C@@]1(O[C-]=O)C(=O)OCc2c1cc1n(c2=O)Cc2cc3ccccc3nc2-1.[CH-]=NC.[Y]. The minimum absolute atomic E-state index is 0. The van der Waals surface area contributed by atoms with Crippen molar-refractivity contribution in [1.29, 1.82) is 0 Å². The first-order valence-corrected chi connectivity index (χ1v) is 9.68. The summed E-state index contributed by atoms with van der Waals surface area (Å²) in [5.41, 5.74) is 1.78. The quantitative estimate of drug-likeness (QED) is 0.240. The zero-order chi connectivity index (χ0) is 22.2. The summed E-state index contributed by atoms with van der Waals surface area (Å²) in [6, 6.07) is 11.5. The maximum atomic E-state index is 13.2. The van der Waals surface area contributed by atoms with E-state index in [1.807, 2.05) is 30.3 Å². The smallest absolute Gasteiger partial charge is 0.352 e. The topological polar surface area (TPSA) is 99.9 Å². The van der Waals surface area contributed by atoms with Crippen molar-refractivity contribution in [2.24, 2.45) is 4.99 Å². The van der Waals surface area contributed by atoms with Gasteiger partial charge in [-0.25, -0.2) is 9.78 Å². The number of ether oxygens (including phenoxy) is 2. The molecule has 4 heterocycles. The Bertz CT molecular complexity index is 1290. The molecule has 1 atom stereocenters. The number of aliphatic imine (C=N–C) groups is 1. The number of pyridine rings is 2. The Kier molecular flexibility index (Phi) is 7.05. The summed E-state index contributed by atoms with van der Waals surface area (Å²) in [6.45, 7) is 7.76. The molecule has 161 valence electrons. The van der Waals surface area contributed by atoms with E-state index in [1.54, 1.807) is 17.6 Å². The van der Waals surface area contributed by atoms with Gasteiger partial charge in [0.05, 0.1) is 29.0 Å². The molecule has 5 rings (SSSR count). The summed E-state index contributed by atoms with van der Waals surface area (Å²) in [6.07, 6.45) is 0.134. The van der Waals surface area contributed by atoms with Crippen molar-refractivity contribution in [3.05, 3.63) is 63.4 Å². The summed E-state index contributed by atoms with van der Waals surface area (Å²) in [5, 5.41) is 0.993. The summed E-state index contributed by atoms with van der Waals surface area (Å²) in [4.78, 5) is 44.4. The average Bonchev–Trinajstić information content (AvgIpc) is 3.13. The first-order chi connectivity index (χ1) is 15.0. The van der Waals surface area contributed by atoms with Crippen molar-refractivity contribution in [2.45, 2.75) is 32.1 Å². The second-order valence-corrected chi connectivity index (χ2v) is 7.20. The molecule has 0 aliphatic carbocycles. The van der Waals surface area contributed by atoms with Crippen LogP contribution in [0.2, 0.25) is 0 Å². The Morgan fingerprint density at radius 1 is 1.31 bits per heavy atom. The molecule has 3 aromatic rings. The molecule has 2 aromatic heterocycles. The van der Waals surface area contributed by atoms with Crippen LogP contribution in [0.25, 0.3) is 22.3 Å². The van der Waals surface area contributed by atoms with Crippen molar-refractivity contribution in [1.82, 2.24) is 9.55 Å². The van der Waals surface area contributed by atoms with Gasteiger partial charge in [0, 0.05) is 49.2 Å². The van der Waals surface area contributed by atoms with Crippen LogP contribution in [0.15, 0.2) is 46.2 Å². The number of rotatable bonds is 3. The standard InChI is InChI=1S/C21H15N2O5.C2H4N.Y/c1-2-21(28-11-24)15-8-17-18-13(7-12-5-3-4-6-16(12)22-18)9-23(17)19(25)14(15)10-27-20(21)26;1-3-2;/h3-8H,2,9-10H2,1H3;1H,2H3;/q2*-1;/t21-;;/m0../s1. The van der Waals surface area contributed by atoms with Gasteiger partial charge in [-0.1, -0.05) is 31.6 Å². The molecule has 9 heteroatoms. The predicted molar refractivity (Wildman–Crippen MR) is 114 cm³/mol. The number of carbonyl (C=O) groups is 1. The van der Waals surface area contributed by atoms with Crippen LogP contribution in [0.5, 0.6) is 0 Å². The average molecular weight is 506 g/mol. The second-order valence-electron chi connectivity index (χ2n) is 7.20. The molecule has 0 bridgehead atoms. The fourth-order valence-electron chi connectivity index (χ4n) is 4.15. The number of hydrogen-bond acceptors (Lipinski definition) is 7. The molecule has 2 aliphatic heterocycles. The van der Waals surface area contributed by atoms with Crippen molar-refractivity contribution >= 4 is 30.1 Å². The van der Waals surface area contributed by atoms with Gasteiger partial charge in [0.25, 0.3) is 5.56 Å².